The van der Waals surface area contributed by atoms with Crippen molar-refractivity contribution in [2.45, 2.75) is 45.2 Å². The third kappa shape index (κ3) is 3.39. The number of hydrogen-bond acceptors (Lipinski definition) is 7. The van der Waals surface area contributed by atoms with E-state index in [1.165, 1.54) is 6.07 Å². The van der Waals surface area contributed by atoms with Gasteiger partial charge < -0.3 is 5.73 Å². The molecule has 1 aliphatic rings. The molecule has 1 aliphatic heterocycles. The van der Waals surface area contributed by atoms with Gasteiger partial charge in [-0.3, -0.25) is 14.7 Å². The van der Waals surface area contributed by atoms with E-state index < -0.39 is 0 Å². The molecule has 1 atom stereocenters. The third-order valence-corrected chi connectivity index (χ3v) is 4.00. The Morgan fingerprint density at radius 2 is 2.22 bits per heavy atom. The van der Waals surface area contributed by atoms with Crippen LogP contribution in [-0.4, -0.2) is 48.2 Å². The molecule has 9 nitrogen and oxygen atoms in total. The van der Waals surface area contributed by atoms with Crippen molar-refractivity contribution in [3.05, 3.63) is 27.9 Å². The van der Waals surface area contributed by atoms with E-state index in [1.807, 2.05) is 4.68 Å². The molecule has 0 aliphatic carbocycles. The van der Waals surface area contributed by atoms with Crippen LogP contribution in [0.3, 0.4) is 0 Å². The Bertz CT molecular complexity index is 744. The molecule has 0 spiro atoms. The topological polar surface area (TPSA) is 119 Å². The number of nitrogens with one attached hydrogen (secondary N) is 1. The zero-order chi connectivity index (χ0) is 16.6. The Morgan fingerprint density at radius 3 is 2.91 bits per heavy atom. The number of nitrogen functional groups attached to an aromatic ring is 1. The van der Waals surface area contributed by atoms with Gasteiger partial charge in [-0.05, 0) is 44.2 Å². The first-order chi connectivity index (χ1) is 10.8. The predicted octanol–water partition coefficient (Wildman–Crippen LogP) is 0.0831. The van der Waals surface area contributed by atoms with Gasteiger partial charge in [-0.2, -0.15) is 0 Å². The lowest BCUT2D eigenvalue weighted by atomic mass is 10.1. The molecule has 9 heteroatoms. The fraction of sp³-hybridized carbons (Fsp3) is 0.643. The van der Waals surface area contributed by atoms with Gasteiger partial charge in [-0.1, -0.05) is 0 Å². The lowest BCUT2D eigenvalue weighted by Gasteiger charge is -2.22. The summed E-state index contributed by atoms with van der Waals surface area (Å²) in [6.45, 7) is 8.62. The molecule has 0 bridgehead atoms. The molecular formula is C14H22N8O. The summed E-state index contributed by atoms with van der Waals surface area (Å²) in [6, 6.07) is 1.53. The molecule has 1 fully saturated rings. The van der Waals surface area contributed by atoms with Gasteiger partial charge in [0.15, 0.2) is 5.82 Å². The Labute approximate surface area is 133 Å². The van der Waals surface area contributed by atoms with E-state index in [9.17, 15) is 4.79 Å². The second-order valence-corrected chi connectivity index (χ2v) is 6.95. The van der Waals surface area contributed by atoms with E-state index in [-0.39, 0.29) is 23.0 Å². The second-order valence-electron chi connectivity index (χ2n) is 6.95. The number of tetrazole rings is 1. The first-order valence-corrected chi connectivity index (χ1v) is 7.70. The fourth-order valence-electron chi connectivity index (χ4n) is 2.95. The largest absolute Gasteiger partial charge is 0.369 e. The zero-order valence-electron chi connectivity index (χ0n) is 13.7. The number of likely N-dealkylation sites (tertiary alicyclic amines) is 1. The van der Waals surface area contributed by atoms with Crippen LogP contribution in [0, 0.1) is 0 Å². The Morgan fingerprint density at radius 1 is 1.43 bits per heavy atom. The minimum Gasteiger partial charge on any atom is -0.369 e. The summed E-state index contributed by atoms with van der Waals surface area (Å²) in [5, 5.41) is 12.0. The molecule has 1 unspecified atom stereocenters. The maximum atomic E-state index is 11.5. The van der Waals surface area contributed by atoms with E-state index >= 15 is 0 Å². The van der Waals surface area contributed by atoms with E-state index in [0.717, 1.165) is 31.0 Å². The highest BCUT2D eigenvalue weighted by molar-refractivity contribution is 5.21. The molecule has 124 valence electrons. The van der Waals surface area contributed by atoms with Crippen LogP contribution in [0.4, 0.5) is 5.95 Å². The van der Waals surface area contributed by atoms with E-state index in [4.69, 9.17) is 5.73 Å². The minimum atomic E-state index is -0.206. The number of hydrogen-bond donors (Lipinski definition) is 2. The third-order valence-electron chi connectivity index (χ3n) is 4.00. The summed E-state index contributed by atoms with van der Waals surface area (Å²) in [4.78, 5) is 20.5. The summed E-state index contributed by atoms with van der Waals surface area (Å²) in [5.41, 5.74) is 6.02. The molecule has 3 N–H and O–H groups in total. The van der Waals surface area contributed by atoms with Gasteiger partial charge in [0.25, 0.3) is 5.56 Å². The van der Waals surface area contributed by atoms with E-state index in [2.05, 4.69) is 51.2 Å². The van der Waals surface area contributed by atoms with Crippen molar-refractivity contribution in [2.24, 2.45) is 0 Å². The van der Waals surface area contributed by atoms with Crippen LogP contribution in [0.5, 0.6) is 0 Å². The molecule has 1 saturated heterocycles. The Hall–Kier alpha value is -2.29. The number of H-pyrrole nitrogens is 1. The summed E-state index contributed by atoms with van der Waals surface area (Å²) in [7, 11) is 0. The van der Waals surface area contributed by atoms with Gasteiger partial charge in [-0.25, -0.2) is 9.67 Å². The molecule has 2 aromatic heterocycles. The summed E-state index contributed by atoms with van der Waals surface area (Å²) >= 11 is 0. The van der Waals surface area contributed by atoms with Crippen molar-refractivity contribution >= 4 is 5.95 Å². The lowest BCUT2D eigenvalue weighted by Crippen LogP contribution is -2.29. The van der Waals surface area contributed by atoms with Crippen molar-refractivity contribution in [3.8, 4) is 0 Å². The molecule has 0 saturated carbocycles. The highest BCUT2D eigenvalue weighted by Crippen LogP contribution is 2.26. The van der Waals surface area contributed by atoms with Gasteiger partial charge in [0.05, 0.1) is 17.8 Å². The maximum Gasteiger partial charge on any atom is 0.252 e. The van der Waals surface area contributed by atoms with Gasteiger partial charge in [0.1, 0.15) is 0 Å². The second kappa shape index (κ2) is 5.73. The number of rotatable bonds is 3. The van der Waals surface area contributed by atoms with Crippen LogP contribution in [0.1, 0.15) is 44.6 Å². The summed E-state index contributed by atoms with van der Waals surface area (Å²) in [5.74, 6) is 1.22. The standard InChI is InChI=1S/C14H22N8O/c1-14(2,3)22-11(18-19-20-22)8-21-5-4-9(7-21)10-6-12(23)17-13(15)16-10/h6,9H,4-5,7-8H2,1-3H3,(H3,15,16,17,23). The first-order valence-electron chi connectivity index (χ1n) is 7.70. The molecular weight excluding hydrogens is 296 g/mol. The number of anilines is 1. The maximum absolute atomic E-state index is 11.5. The van der Waals surface area contributed by atoms with E-state index in [0.29, 0.717) is 6.54 Å². The van der Waals surface area contributed by atoms with Crippen LogP contribution in [0.2, 0.25) is 0 Å². The number of nitrogens with zero attached hydrogens (tertiary/aromatic N) is 6. The monoisotopic (exact) mass is 318 g/mol. The quantitative estimate of drug-likeness (QED) is 0.822. The van der Waals surface area contributed by atoms with E-state index in [1.54, 1.807) is 0 Å². The molecule has 3 rings (SSSR count). The average Bonchev–Trinajstić information content (AvgIpc) is 3.06. The van der Waals surface area contributed by atoms with Gasteiger partial charge in [-0.15, -0.1) is 5.10 Å². The van der Waals surface area contributed by atoms with Crippen LogP contribution < -0.4 is 11.3 Å². The first kappa shape index (κ1) is 15.6. The van der Waals surface area contributed by atoms with Crippen molar-refractivity contribution in [1.29, 1.82) is 0 Å². The number of aromatic amines is 1. The number of aromatic nitrogens is 6. The number of nitrogens with two attached hydrogens (primary N) is 1. The molecule has 23 heavy (non-hydrogen) atoms. The Kier molecular flexibility index (Phi) is 3.88. The summed E-state index contributed by atoms with van der Waals surface area (Å²) < 4.78 is 1.85. The average molecular weight is 318 g/mol. The van der Waals surface area contributed by atoms with Crippen molar-refractivity contribution in [3.63, 3.8) is 0 Å². The highest BCUT2D eigenvalue weighted by Gasteiger charge is 2.28. The van der Waals surface area contributed by atoms with Gasteiger partial charge in [0.2, 0.25) is 5.95 Å². The summed E-state index contributed by atoms with van der Waals surface area (Å²) in [6.07, 6.45) is 0.937. The van der Waals surface area contributed by atoms with Crippen molar-refractivity contribution in [1.82, 2.24) is 35.1 Å². The van der Waals surface area contributed by atoms with Crippen LogP contribution in [-0.2, 0) is 12.1 Å². The highest BCUT2D eigenvalue weighted by atomic mass is 16.1. The molecule has 0 radical (unpaired) electrons. The normalized spacial score (nSPS) is 19.3. The lowest BCUT2D eigenvalue weighted by molar-refractivity contribution is 0.278. The SMILES string of the molecule is CC(C)(C)n1nnnc1CN1CCC(c2cc(=O)[nH]c(N)n2)C1. The smallest absolute Gasteiger partial charge is 0.252 e. The minimum absolute atomic E-state index is 0.152. The predicted molar refractivity (Wildman–Crippen MR) is 84.7 cm³/mol. The van der Waals surface area contributed by atoms with Crippen LogP contribution >= 0.6 is 0 Å². The zero-order valence-corrected chi connectivity index (χ0v) is 13.7. The molecule has 2 aromatic rings. The van der Waals surface area contributed by atoms with Gasteiger partial charge in [0, 0.05) is 18.5 Å². The van der Waals surface area contributed by atoms with Gasteiger partial charge >= 0.3 is 0 Å². The van der Waals surface area contributed by atoms with Crippen molar-refractivity contribution < 1.29 is 0 Å². The van der Waals surface area contributed by atoms with Crippen LogP contribution in [0.25, 0.3) is 0 Å². The van der Waals surface area contributed by atoms with Crippen LogP contribution in [0.15, 0.2) is 10.9 Å². The molecule has 0 aromatic carbocycles. The van der Waals surface area contributed by atoms with Crippen molar-refractivity contribution in [2.75, 3.05) is 18.8 Å². The molecule has 0 amide bonds. The molecule has 3 heterocycles. The Balaban J connectivity index is 1.71. The fourth-order valence-corrected chi connectivity index (χ4v) is 2.95.